The Morgan fingerprint density at radius 2 is 2.00 bits per heavy atom. The van der Waals surface area contributed by atoms with Crippen LogP contribution in [0.1, 0.15) is 36.9 Å². The van der Waals surface area contributed by atoms with Gasteiger partial charge in [-0.1, -0.05) is 0 Å². The van der Waals surface area contributed by atoms with E-state index in [2.05, 4.69) is 15.4 Å². The SMILES string of the molecule is Nc1nc2cc(-c3cnc4c(c3)N(C(=O)NCc3cc(F)cc(F)c3OC3CCOCC3)CC43CC3)ccn2n1. The molecule has 2 fully saturated rings. The number of hydrogen-bond donors (Lipinski definition) is 2. The number of nitrogens with two attached hydrogens (primary N) is 1. The summed E-state index contributed by atoms with van der Waals surface area (Å²) in [4.78, 5) is 24.2. The molecule has 3 aromatic heterocycles. The number of pyridine rings is 2. The Kier molecular flexibility index (Phi) is 5.81. The van der Waals surface area contributed by atoms with E-state index in [9.17, 15) is 13.6 Å². The van der Waals surface area contributed by atoms with E-state index in [0.717, 1.165) is 41.4 Å². The average Bonchev–Trinajstić information content (AvgIpc) is 3.52. The normalized spacial score (nSPS) is 17.8. The number of nitrogen functional groups attached to an aromatic ring is 1. The zero-order chi connectivity index (χ0) is 27.4. The smallest absolute Gasteiger partial charge is 0.322 e. The zero-order valence-corrected chi connectivity index (χ0v) is 21.6. The third-order valence-corrected chi connectivity index (χ3v) is 7.88. The Morgan fingerprint density at radius 1 is 1.18 bits per heavy atom. The highest BCUT2D eigenvalue weighted by atomic mass is 19.1. The molecule has 5 heterocycles. The van der Waals surface area contributed by atoms with Crippen LogP contribution in [0.25, 0.3) is 16.8 Å². The maximum Gasteiger partial charge on any atom is 0.322 e. The van der Waals surface area contributed by atoms with Crippen LogP contribution in [0.5, 0.6) is 5.75 Å². The van der Waals surface area contributed by atoms with Crippen molar-refractivity contribution in [2.75, 3.05) is 30.4 Å². The number of carbonyl (C=O) groups is 1. The van der Waals surface area contributed by atoms with Gasteiger partial charge in [0.1, 0.15) is 11.9 Å². The molecule has 206 valence electrons. The number of nitrogens with one attached hydrogen (secondary N) is 1. The molecular weight excluding hydrogens is 520 g/mol. The predicted octanol–water partition coefficient (Wildman–Crippen LogP) is 3.97. The van der Waals surface area contributed by atoms with Crippen LogP contribution in [0.3, 0.4) is 0 Å². The van der Waals surface area contributed by atoms with Crippen molar-refractivity contribution >= 4 is 23.3 Å². The number of nitrogens with zero attached hydrogens (tertiary/aromatic N) is 5. The first-order chi connectivity index (χ1) is 19.4. The van der Waals surface area contributed by atoms with Crippen LogP contribution in [-0.2, 0) is 16.7 Å². The highest BCUT2D eigenvalue weighted by Gasteiger charge is 2.54. The zero-order valence-electron chi connectivity index (χ0n) is 21.6. The highest BCUT2D eigenvalue weighted by Crippen LogP contribution is 2.56. The van der Waals surface area contributed by atoms with Crippen molar-refractivity contribution in [3.63, 3.8) is 0 Å². The Hall–Kier alpha value is -4.32. The number of halogens is 2. The van der Waals surface area contributed by atoms with Crippen LogP contribution in [0.2, 0.25) is 0 Å². The van der Waals surface area contributed by atoms with E-state index in [1.165, 1.54) is 6.07 Å². The number of carbonyl (C=O) groups excluding carboxylic acids is 1. The molecule has 1 saturated heterocycles. The number of hydrogen-bond acceptors (Lipinski definition) is 7. The molecule has 3 N–H and O–H groups in total. The van der Waals surface area contributed by atoms with Gasteiger partial charge in [-0.3, -0.25) is 9.88 Å². The third-order valence-electron chi connectivity index (χ3n) is 7.88. The first-order valence-electron chi connectivity index (χ1n) is 13.3. The molecule has 1 aromatic carbocycles. The first kappa shape index (κ1) is 24.7. The lowest BCUT2D eigenvalue weighted by molar-refractivity contribution is 0.0235. The van der Waals surface area contributed by atoms with Crippen LogP contribution >= 0.6 is 0 Å². The molecule has 1 spiro atoms. The number of anilines is 2. The lowest BCUT2D eigenvalue weighted by Gasteiger charge is -2.25. The summed E-state index contributed by atoms with van der Waals surface area (Å²) in [7, 11) is 0. The molecule has 2 amide bonds. The van der Waals surface area contributed by atoms with Crippen LogP contribution in [-0.4, -0.2) is 51.5 Å². The number of fused-ring (bicyclic) bond motifs is 3. The molecule has 7 rings (SSSR count). The molecule has 12 heteroatoms. The van der Waals surface area contributed by atoms with Crippen LogP contribution in [0, 0.1) is 11.6 Å². The first-order valence-corrected chi connectivity index (χ1v) is 13.3. The summed E-state index contributed by atoms with van der Waals surface area (Å²) in [5.41, 5.74) is 9.70. The molecule has 40 heavy (non-hydrogen) atoms. The van der Waals surface area contributed by atoms with E-state index in [0.29, 0.717) is 38.2 Å². The van der Waals surface area contributed by atoms with Gasteiger partial charge in [-0.15, -0.1) is 5.10 Å². The molecule has 1 aliphatic carbocycles. The number of rotatable bonds is 5. The summed E-state index contributed by atoms with van der Waals surface area (Å²) in [6, 6.07) is 7.32. The van der Waals surface area contributed by atoms with Crippen LogP contribution in [0.15, 0.2) is 42.7 Å². The molecule has 2 aliphatic heterocycles. The molecule has 1 saturated carbocycles. The predicted molar refractivity (Wildman–Crippen MR) is 142 cm³/mol. The fourth-order valence-corrected chi connectivity index (χ4v) is 5.60. The van der Waals surface area contributed by atoms with Crippen molar-refractivity contribution in [1.29, 1.82) is 0 Å². The van der Waals surface area contributed by atoms with E-state index in [1.807, 2.05) is 18.2 Å². The second kappa shape index (κ2) is 9.40. The maximum atomic E-state index is 14.8. The van der Waals surface area contributed by atoms with Gasteiger partial charge in [-0.05, 0) is 42.7 Å². The van der Waals surface area contributed by atoms with Crippen LogP contribution in [0.4, 0.5) is 25.2 Å². The topological polar surface area (TPSA) is 120 Å². The van der Waals surface area contributed by atoms with E-state index in [-0.39, 0.29) is 41.4 Å². The third kappa shape index (κ3) is 4.37. The molecule has 0 radical (unpaired) electrons. The van der Waals surface area contributed by atoms with Gasteiger partial charge in [0, 0.05) is 60.9 Å². The Labute approximate surface area is 228 Å². The second-order valence-electron chi connectivity index (χ2n) is 10.6. The van der Waals surface area contributed by atoms with Gasteiger partial charge in [0.25, 0.3) is 0 Å². The molecule has 3 aliphatic rings. The fourth-order valence-electron chi connectivity index (χ4n) is 5.60. The van der Waals surface area contributed by atoms with Crippen molar-refractivity contribution in [3.8, 4) is 16.9 Å². The van der Waals surface area contributed by atoms with E-state index in [1.54, 1.807) is 21.8 Å². The summed E-state index contributed by atoms with van der Waals surface area (Å²) in [5, 5.41) is 6.96. The van der Waals surface area contributed by atoms with Crippen molar-refractivity contribution < 1.29 is 23.0 Å². The number of benzene rings is 1. The average molecular weight is 548 g/mol. The van der Waals surface area contributed by atoms with Gasteiger partial charge >= 0.3 is 6.03 Å². The summed E-state index contributed by atoms with van der Waals surface area (Å²) < 4.78 is 41.8. The lowest BCUT2D eigenvalue weighted by atomic mass is 10.0. The monoisotopic (exact) mass is 547 g/mol. The highest BCUT2D eigenvalue weighted by molar-refractivity contribution is 5.96. The van der Waals surface area contributed by atoms with Gasteiger partial charge in [0.2, 0.25) is 5.95 Å². The number of urea groups is 1. The summed E-state index contributed by atoms with van der Waals surface area (Å²) >= 11 is 0. The summed E-state index contributed by atoms with van der Waals surface area (Å²) in [6.45, 7) is 1.44. The maximum absolute atomic E-state index is 14.8. The standard InChI is InChI=1S/C28H27F2N7O3/c29-19-9-18(24(21(30)12-19)40-20-2-7-39-8-3-20)14-33-27(38)36-15-28(4-5-28)25-22(36)10-17(13-32-25)16-1-6-37-23(11-16)34-26(31)35-37/h1,6,9-13,20H,2-5,7-8,14-15H2,(H2,31,35)(H,33,38). The molecule has 0 atom stereocenters. The Morgan fingerprint density at radius 3 is 2.80 bits per heavy atom. The fraction of sp³-hybridized carbons (Fsp3) is 0.357. The molecule has 0 unspecified atom stereocenters. The molecule has 10 nitrogen and oxygen atoms in total. The minimum Gasteiger partial charge on any atom is -0.487 e. The molecular formula is C28H27F2N7O3. The minimum atomic E-state index is -0.792. The Bertz CT molecular complexity index is 1630. The number of amides is 2. The van der Waals surface area contributed by atoms with Gasteiger partial charge in [-0.2, -0.15) is 4.98 Å². The second-order valence-corrected chi connectivity index (χ2v) is 10.6. The van der Waals surface area contributed by atoms with Crippen LogP contribution < -0.4 is 20.7 Å². The van der Waals surface area contributed by atoms with E-state index >= 15 is 0 Å². The van der Waals surface area contributed by atoms with Crippen molar-refractivity contribution in [2.45, 2.75) is 43.7 Å². The van der Waals surface area contributed by atoms with Gasteiger partial charge in [-0.25, -0.2) is 18.1 Å². The quantitative estimate of drug-likeness (QED) is 0.388. The number of aromatic nitrogens is 4. The molecule has 0 bridgehead atoms. The van der Waals surface area contributed by atoms with E-state index < -0.39 is 11.6 Å². The van der Waals surface area contributed by atoms with E-state index in [4.69, 9.17) is 20.2 Å². The summed E-state index contributed by atoms with van der Waals surface area (Å²) in [6.07, 6.45) is 6.46. The van der Waals surface area contributed by atoms with Gasteiger partial charge in [0.05, 0.1) is 24.6 Å². The van der Waals surface area contributed by atoms with Gasteiger partial charge in [0.15, 0.2) is 17.2 Å². The van der Waals surface area contributed by atoms with Gasteiger partial charge < -0.3 is 20.5 Å². The molecule has 4 aromatic rings. The van der Waals surface area contributed by atoms with Crippen molar-refractivity contribution in [1.82, 2.24) is 24.9 Å². The lowest BCUT2D eigenvalue weighted by Crippen LogP contribution is -2.40. The number of ether oxygens (including phenoxy) is 2. The largest absolute Gasteiger partial charge is 0.487 e. The minimum absolute atomic E-state index is 0.0393. The Balaban J connectivity index is 1.14. The van der Waals surface area contributed by atoms with Crippen molar-refractivity contribution in [2.24, 2.45) is 0 Å². The van der Waals surface area contributed by atoms with Crippen molar-refractivity contribution in [3.05, 3.63) is 65.6 Å². The summed E-state index contributed by atoms with van der Waals surface area (Å²) in [5.74, 6) is -1.38.